The molecule has 0 radical (unpaired) electrons. The first-order valence-corrected chi connectivity index (χ1v) is 13.5. The SMILES string of the molecule is [C-]#[N+]Cn1cccc1C(=O)Cc1ccc(Nc2ccc(CC(=O)c3ccc(N4CCC(O)CC4)cc3)cc2)cc1. The zero-order valence-corrected chi connectivity index (χ0v) is 22.3. The summed E-state index contributed by atoms with van der Waals surface area (Å²) in [5.41, 5.74) is 6.00. The average Bonchev–Trinajstić information content (AvgIpc) is 3.44. The average molecular weight is 533 g/mol. The molecule has 2 heterocycles. The Morgan fingerprint density at radius 1 is 0.825 bits per heavy atom. The van der Waals surface area contributed by atoms with E-state index in [-0.39, 0.29) is 30.8 Å². The summed E-state index contributed by atoms with van der Waals surface area (Å²) in [7, 11) is 0. The molecule has 3 aromatic carbocycles. The number of ketones is 2. The van der Waals surface area contributed by atoms with Crippen LogP contribution in [0.4, 0.5) is 17.1 Å². The van der Waals surface area contributed by atoms with E-state index in [1.165, 1.54) is 0 Å². The lowest BCUT2D eigenvalue weighted by Crippen LogP contribution is -2.35. The monoisotopic (exact) mass is 532 g/mol. The molecule has 1 aliphatic rings. The number of rotatable bonds is 10. The molecule has 0 unspecified atom stereocenters. The Morgan fingerprint density at radius 3 is 1.98 bits per heavy atom. The highest BCUT2D eigenvalue weighted by atomic mass is 16.3. The first kappa shape index (κ1) is 26.9. The van der Waals surface area contributed by atoms with Crippen molar-refractivity contribution in [1.82, 2.24) is 4.57 Å². The van der Waals surface area contributed by atoms with Crippen molar-refractivity contribution < 1.29 is 14.7 Å². The molecule has 4 aromatic rings. The molecule has 40 heavy (non-hydrogen) atoms. The number of carbonyl (C=O) groups excluding carboxylic acids is 2. The minimum Gasteiger partial charge on any atom is -0.393 e. The van der Waals surface area contributed by atoms with Gasteiger partial charge in [0.15, 0.2) is 11.6 Å². The van der Waals surface area contributed by atoms with Crippen LogP contribution >= 0.6 is 0 Å². The number of hydrogen-bond donors (Lipinski definition) is 2. The summed E-state index contributed by atoms with van der Waals surface area (Å²) in [5, 5.41) is 13.1. The van der Waals surface area contributed by atoms with E-state index in [0.29, 0.717) is 17.7 Å². The van der Waals surface area contributed by atoms with Gasteiger partial charge in [-0.2, -0.15) is 0 Å². The van der Waals surface area contributed by atoms with Gasteiger partial charge >= 0.3 is 0 Å². The van der Waals surface area contributed by atoms with E-state index in [1.54, 1.807) is 22.9 Å². The van der Waals surface area contributed by atoms with Crippen molar-refractivity contribution in [1.29, 1.82) is 0 Å². The first-order valence-electron chi connectivity index (χ1n) is 13.5. The van der Waals surface area contributed by atoms with E-state index in [2.05, 4.69) is 15.1 Å². The van der Waals surface area contributed by atoms with E-state index in [9.17, 15) is 14.7 Å². The van der Waals surface area contributed by atoms with Gasteiger partial charge in [-0.15, -0.1) is 0 Å². The molecule has 0 atom stereocenters. The van der Waals surface area contributed by atoms with Crippen LogP contribution in [0.3, 0.4) is 0 Å². The predicted molar refractivity (Wildman–Crippen MR) is 157 cm³/mol. The molecule has 0 bridgehead atoms. The van der Waals surface area contributed by atoms with Crippen LogP contribution in [0, 0.1) is 6.57 Å². The molecule has 0 aliphatic carbocycles. The molecule has 1 fully saturated rings. The summed E-state index contributed by atoms with van der Waals surface area (Å²) in [6.07, 6.45) is 3.70. The third kappa shape index (κ3) is 6.66. The van der Waals surface area contributed by atoms with Crippen molar-refractivity contribution >= 4 is 28.6 Å². The molecule has 0 spiro atoms. The van der Waals surface area contributed by atoms with Gasteiger partial charge in [-0.3, -0.25) is 19.0 Å². The Morgan fingerprint density at radius 2 is 1.40 bits per heavy atom. The van der Waals surface area contributed by atoms with Crippen LogP contribution in [0.15, 0.2) is 91.1 Å². The summed E-state index contributed by atoms with van der Waals surface area (Å²) >= 11 is 0. The largest absolute Gasteiger partial charge is 0.393 e. The molecule has 5 rings (SSSR count). The summed E-state index contributed by atoms with van der Waals surface area (Å²) in [4.78, 5) is 31.1. The molecule has 7 heteroatoms. The number of nitrogens with zero attached hydrogens (tertiary/aromatic N) is 3. The molecule has 1 saturated heterocycles. The summed E-state index contributed by atoms with van der Waals surface area (Å²) in [6, 6.07) is 26.9. The lowest BCUT2D eigenvalue weighted by Gasteiger charge is -2.31. The van der Waals surface area contributed by atoms with Gasteiger partial charge in [0.2, 0.25) is 0 Å². The smallest absolute Gasteiger partial charge is 0.293 e. The van der Waals surface area contributed by atoms with Gasteiger partial charge in [0.05, 0.1) is 11.8 Å². The minimum absolute atomic E-state index is 0.0156. The Kier molecular flexibility index (Phi) is 8.38. The lowest BCUT2D eigenvalue weighted by atomic mass is 10.0. The highest BCUT2D eigenvalue weighted by Crippen LogP contribution is 2.22. The van der Waals surface area contributed by atoms with Gasteiger partial charge in [-0.25, -0.2) is 6.57 Å². The number of nitrogens with one attached hydrogen (secondary N) is 1. The maximum atomic E-state index is 12.9. The Balaban J connectivity index is 1.13. The number of hydrogen-bond acceptors (Lipinski definition) is 5. The number of carbonyl (C=O) groups is 2. The van der Waals surface area contributed by atoms with E-state index in [4.69, 9.17) is 6.57 Å². The van der Waals surface area contributed by atoms with Crippen LogP contribution < -0.4 is 10.2 Å². The first-order chi connectivity index (χ1) is 19.5. The molecule has 0 saturated carbocycles. The Labute approximate surface area is 234 Å². The van der Waals surface area contributed by atoms with Crippen molar-refractivity contribution in [2.24, 2.45) is 0 Å². The number of anilines is 3. The molecule has 2 N–H and O–H groups in total. The molecule has 7 nitrogen and oxygen atoms in total. The fourth-order valence-electron chi connectivity index (χ4n) is 4.99. The third-order valence-electron chi connectivity index (χ3n) is 7.28. The van der Waals surface area contributed by atoms with E-state index < -0.39 is 0 Å². The van der Waals surface area contributed by atoms with E-state index in [1.807, 2.05) is 72.8 Å². The fourth-order valence-corrected chi connectivity index (χ4v) is 4.99. The molecular weight excluding hydrogens is 500 g/mol. The van der Waals surface area contributed by atoms with Gasteiger partial charge in [0.25, 0.3) is 6.67 Å². The van der Waals surface area contributed by atoms with Crippen molar-refractivity contribution in [3.63, 3.8) is 0 Å². The zero-order valence-electron chi connectivity index (χ0n) is 22.3. The molecule has 0 amide bonds. The standard InChI is InChI=1S/C33H32N4O3/c1-34-23-37-18-2-3-31(37)33(40)22-25-6-12-28(13-7-25)35-27-10-4-24(5-11-27)21-32(39)26-8-14-29(15-9-26)36-19-16-30(38)17-20-36/h2-15,18,30,35,38H,16-17,19-23H2. The summed E-state index contributed by atoms with van der Waals surface area (Å²) in [6.45, 7) is 8.84. The van der Waals surface area contributed by atoms with E-state index >= 15 is 0 Å². The number of aliphatic hydroxyl groups is 1. The highest BCUT2D eigenvalue weighted by molar-refractivity contribution is 5.98. The van der Waals surface area contributed by atoms with Gasteiger partial charge in [-0.1, -0.05) is 24.3 Å². The van der Waals surface area contributed by atoms with Gasteiger partial charge < -0.3 is 15.3 Å². The highest BCUT2D eigenvalue weighted by Gasteiger charge is 2.18. The van der Waals surface area contributed by atoms with Crippen LogP contribution in [0.2, 0.25) is 0 Å². The minimum atomic E-state index is -0.205. The van der Waals surface area contributed by atoms with Crippen LogP contribution in [0.5, 0.6) is 0 Å². The molecule has 202 valence electrons. The molecule has 1 aromatic heterocycles. The Hall–Kier alpha value is -4.67. The Bertz CT molecular complexity index is 1490. The van der Waals surface area contributed by atoms with Crippen molar-refractivity contribution in [3.05, 3.63) is 125 Å². The summed E-state index contributed by atoms with van der Waals surface area (Å²) < 4.78 is 1.67. The van der Waals surface area contributed by atoms with Crippen LogP contribution in [0.25, 0.3) is 4.85 Å². The second-order valence-electron chi connectivity index (χ2n) is 10.1. The van der Waals surface area contributed by atoms with Crippen LogP contribution in [-0.4, -0.2) is 40.4 Å². The second kappa shape index (κ2) is 12.5. The fraction of sp³-hybridized carbons (Fsp3) is 0.242. The number of benzene rings is 3. The second-order valence-corrected chi connectivity index (χ2v) is 10.1. The number of Topliss-reactive ketones (excluding diaryl/α,β-unsaturated/α-hetero) is 2. The van der Waals surface area contributed by atoms with Crippen LogP contribution in [-0.2, 0) is 19.5 Å². The van der Waals surface area contributed by atoms with Crippen molar-refractivity contribution in [2.45, 2.75) is 38.5 Å². The normalized spacial score (nSPS) is 13.6. The number of aliphatic hydroxyl groups excluding tert-OH is 1. The zero-order chi connectivity index (χ0) is 27.9. The van der Waals surface area contributed by atoms with Gasteiger partial charge in [0.1, 0.15) is 0 Å². The van der Waals surface area contributed by atoms with Crippen molar-refractivity contribution in [2.75, 3.05) is 23.3 Å². The maximum absolute atomic E-state index is 12.9. The predicted octanol–water partition coefficient (Wildman–Crippen LogP) is 5.92. The lowest BCUT2D eigenvalue weighted by molar-refractivity contribution is 0.0979. The topological polar surface area (TPSA) is 78.9 Å². The number of piperidine rings is 1. The molecule has 1 aliphatic heterocycles. The van der Waals surface area contributed by atoms with E-state index in [0.717, 1.165) is 54.1 Å². The summed E-state index contributed by atoms with van der Waals surface area (Å²) in [5.74, 6) is 0.0611. The van der Waals surface area contributed by atoms with Gasteiger partial charge in [-0.05, 0) is 84.6 Å². The van der Waals surface area contributed by atoms with Crippen molar-refractivity contribution in [3.8, 4) is 0 Å². The van der Waals surface area contributed by atoms with Crippen LogP contribution in [0.1, 0.15) is 44.8 Å². The quantitative estimate of drug-likeness (QED) is 0.196. The van der Waals surface area contributed by atoms with Gasteiger partial charge in [0, 0.05) is 54.8 Å². The molecular formula is C33H32N4O3. The maximum Gasteiger partial charge on any atom is 0.293 e. The third-order valence-corrected chi connectivity index (χ3v) is 7.28. The number of aromatic nitrogens is 1.